The van der Waals surface area contributed by atoms with Gasteiger partial charge in [-0.2, -0.15) is 0 Å². The Morgan fingerprint density at radius 3 is 1.21 bits per heavy atom. The van der Waals surface area contributed by atoms with Gasteiger partial charge in [0.25, 0.3) is 0 Å². The molecule has 0 radical (unpaired) electrons. The van der Waals surface area contributed by atoms with E-state index in [1.807, 2.05) is 33.2 Å². The lowest BCUT2D eigenvalue weighted by molar-refractivity contribution is 0.103. The van der Waals surface area contributed by atoms with Crippen LogP contribution in [0.25, 0.3) is 11.1 Å². The molecule has 7 aromatic rings. The van der Waals surface area contributed by atoms with E-state index in [1.54, 1.807) is 109 Å². The van der Waals surface area contributed by atoms with Crippen LogP contribution in [0, 0.1) is 13.8 Å². The first-order valence-corrected chi connectivity index (χ1v) is 21.5. The second-order valence-electron chi connectivity index (χ2n) is 14.3. The lowest BCUT2D eigenvalue weighted by Gasteiger charge is -2.16. The molecule has 7 rings (SSSR count). The summed E-state index contributed by atoms with van der Waals surface area (Å²) in [6, 6.07) is 45.8. The number of benzene rings is 7. The maximum atomic E-state index is 13.5. The number of nitrogens with zero attached hydrogens (tertiary/aromatic N) is 1. The van der Waals surface area contributed by atoms with Gasteiger partial charge in [0, 0.05) is 17.7 Å². The average Bonchev–Trinajstić information content (AvgIpc) is 3.22. The second kappa shape index (κ2) is 16.6. The van der Waals surface area contributed by atoms with Gasteiger partial charge in [-0.25, -0.2) is 16.8 Å². The number of carbonyl (C=O) groups is 1. The van der Waals surface area contributed by atoms with Gasteiger partial charge < -0.3 is 14.4 Å². The molecule has 0 heterocycles. The molecule has 10 heteroatoms. The van der Waals surface area contributed by atoms with Gasteiger partial charge in [0.15, 0.2) is 5.78 Å². The first-order valence-electron chi connectivity index (χ1n) is 18.5. The summed E-state index contributed by atoms with van der Waals surface area (Å²) in [6.07, 6.45) is 0. The fraction of sp³-hybridized carbons (Fsp3) is 0.104. The quantitative estimate of drug-likeness (QED) is 0.106. The van der Waals surface area contributed by atoms with Crippen LogP contribution in [0.15, 0.2) is 183 Å². The predicted octanol–water partition coefficient (Wildman–Crippen LogP) is 10.5. The van der Waals surface area contributed by atoms with E-state index in [4.69, 9.17) is 9.47 Å². The number of rotatable bonds is 13. The van der Waals surface area contributed by atoms with Crippen LogP contribution >= 0.6 is 0 Å². The fourth-order valence-corrected chi connectivity index (χ4v) is 8.96. The number of ketones is 1. The van der Waals surface area contributed by atoms with Crippen molar-refractivity contribution in [1.82, 2.24) is 4.90 Å². The molecule has 0 amide bonds. The zero-order valence-electron chi connectivity index (χ0n) is 32.4. The third-order valence-corrected chi connectivity index (χ3v) is 13.1. The molecule has 0 aliphatic heterocycles. The highest BCUT2D eigenvalue weighted by Crippen LogP contribution is 2.31. The van der Waals surface area contributed by atoms with E-state index in [0.29, 0.717) is 34.1 Å². The summed E-state index contributed by atoms with van der Waals surface area (Å²) in [6.45, 7) is 4.73. The molecule has 0 aromatic heterocycles. The summed E-state index contributed by atoms with van der Waals surface area (Å²) in [7, 11) is -3.38. The van der Waals surface area contributed by atoms with Gasteiger partial charge in [0.2, 0.25) is 19.7 Å². The van der Waals surface area contributed by atoms with Crippen LogP contribution in [0.4, 0.5) is 0 Å². The molecule has 0 saturated carbocycles. The number of ether oxygens (including phenoxy) is 2. The van der Waals surface area contributed by atoms with E-state index in [9.17, 15) is 21.6 Å². The van der Waals surface area contributed by atoms with Crippen molar-refractivity contribution in [3.8, 4) is 34.1 Å². The lowest BCUT2D eigenvalue weighted by Crippen LogP contribution is -2.11. The van der Waals surface area contributed by atoms with Crippen molar-refractivity contribution >= 4 is 25.5 Å². The van der Waals surface area contributed by atoms with Crippen LogP contribution in [0.1, 0.15) is 32.6 Å². The van der Waals surface area contributed by atoms with Crippen molar-refractivity contribution in [1.29, 1.82) is 0 Å². The molecule has 0 aliphatic carbocycles. The van der Waals surface area contributed by atoms with E-state index in [2.05, 4.69) is 30.0 Å². The van der Waals surface area contributed by atoms with Crippen LogP contribution in [0.2, 0.25) is 0 Å². The number of sulfone groups is 2. The summed E-state index contributed by atoms with van der Waals surface area (Å²) in [4.78, 5) is 16.1. The Balaban J connectivity index is 0.953. The summed E-state index contributed by atoms with van der Waals surface area (Å²) >= 11 is 0. The van der Waals surface area contributed by atoms with Gasteiger partial charge >= 0.3 is 0 Å². The maximum absolute atomic E-state index is 13.5. The first-order chi connectivity index (χ1) is 27.8. The van der Waals surface area contributed by atoms with Crippen LogP contribution in [-0.2, 0) is 26.2 Å². The molecule has 8 nitrogen and oxygen atoms in total. The standard InChI is InChI=1S/C48H41NO7S2/c1-33-5-22-43(23-6-33)57(51,52)45-26-18-41(19-27-45)55-39-14-8-36(9-15-39)48(50)37-10-16-40(17-11-37)56-42-20-28-46(29-21-42)58(53,54)44-24-12-35(13-25-44)47-30-7-34(2)31-38(47)32-49(3)4/h5-31H,32H2,1-4H3. The van der Waals surface area contributed by atoms with Crippen molar-refractivity contribution in [3.05, 3.63) is 192 Å². The van der Waals surface area contributed by atoms with E-state index < -0.39 is 19.7 Å². The van der Waals surface area contributed by atoms with Gasteiger partial charge in [-0.15, -0.1) is 0 Å². The molecule has 58 heavy (non-hydrogen) atoms. The van der Waals surface area contributed by atoms with Crippen molar-refractivity contribution in [2.24, 2.45) is 0 Å². The smallest absolute Gasteiger partial charge is 0.206 e. The van der Waals surface area contributed by atoms with Crippen LogP contribution in [0.3, 0.4) is 0 Å². The molecule has 0 unspecified atom stereocenters. The Hall–Kier alpha value is -6.33. The van der Waals surface area contributed by atoms with Crippen molar-refractivity contribution < 1.29 is 31.1 Å². The van der Waals surface area contributed by atoms with Gasteiger partial charge in [0.05, 0.1) is 19.6 Å². The zero-order valence-corrected chi connectivity index (χ0v) is 34.1. The Morgan fingerprint density at radius 2 is 0.810 bits per heavy atom. The minimum atomic E-state index is -3.77. The van der Waals surface area contributed by atoms with E-state index >= 15 is 0 Å². The third kappa shape index (κ3) is 8.95. The highest BCUT2D eigenvalue weighted by atomic mass is 32.2. The van der Waals surface area contributed by atoms with Crippen molar-refractivity contribution in [2.45, 2.75) is 40.0 Å². The topological polar surface area (TPSA) is 107 Å². The first kappa shape index (κ1) is 39.9. The van der Waals surface area contributed by atoms with Crippen molar-refractivity contribution in [3.63, 3.8) is 0 Å². The third-order valence-electron chi connectivity index (χ3n) is 9.53. The summed E-state index contributed by atoms with van der Waals surface area (Å²) < 4.78 is 64.9. The minimum absolute atomic E-state index is 0.149. The van der Waals surface area contributed by atoms with Crippen molar-refractivity contribution in [2.75, 3.05) is 14.1 Å². The average molecular weight is 808 g/mol. The number of carbonyl (C=O) groups excluding carboxylic acids is 1. The Bertz CT molecular complexity index is 2780. The van der Waals surface area contributed by atoms with Gasteiger partial charge in [-0.1, -0.05) is 53.6 Å². The molecule has 7 aromatic carbocycles. The van der Waals surface area contributed by atoms with Gasteiger partial charge in [0.1, 0.15) is 23.0 Å². The summed E-state index contributed by atoms with van der Waals surface area (Å²) in [5.74, 6) is 1.66. The molecular weight excluding hydrogens is 767 g/mol. The Kier molecular flexibility index (Phi) is 11.4. The summed E-state index contributed by atoms with van der Waals surface area (Å²) in [5.41, 5.74) is 6.25. The molecule has 0 atom stereocenters. The molecular formula is C48H41NO7S2. The van der Waals surface area contributed by atoms with E-state index in [-0.39, 0.29) is 25.4 Å². The van der Waals surface area contributed by atoms with Gasteiger partial charge in [-0.3, -0.25) is 4.79 Å². The largest absolute Gasteiger partial charge is 0.457 e. The molecule has 0 aliphatic rings. The normalized spacial score (nSPS) is 11.7. The molecule has 0 spiro atoms. The molecule has 0 N–H and O–H groups in total. The monoisotopic (exact) mass is 807 g/mol. The SMILES string of the molecule is Cc1ccc(S(=O)(=O)c2ccc(Oc3ccc(C(=O)c4ccc(Oc5ccc(S(=O)(=O)c6ccc(-c7ccc(C)cc7CN(C)C)cc6)cc5)cc4)cc3)cc2)cc1. The summed E-state index contributed by atoms with van der Waals surface area (Å²) in [5, 5.41) is 0. The second-order valence-corrected chi connectivity index (χ2v) is 18.2. The highest BCUT2D eigenvalue weighted by molar-refractivity contribution is 7.91. The molecule has 0 fully saturated rings. The molecule has 0 bridgehead atoms. The highest BCUT2D eigenvalue weighted by Gasteiger charge is 2.20. The van der Waals surface area contributed by atoms with Crippen LogP contribution in [0.5, 0.6) is 23.0 Å². The van der Waals surface area contributed by atoms with Crippen LogP contribution in [-0.4, -0.2) is 41.6 Å². The Labute approximate surface area is 339 Å². The van der Waals surface area contributed by atoms with Gasteiger partial charge in [-0.05, 0) is 166 Å². The number of aryl methyl sites for hydroxylation is 2. The fourth-order valence-electron chi connectivity index (χ4n) is 6.44. The zero-order chi connectivity index (χ0) is 41.0. The molecule has 0 saturated heterocycles. The van der Waals surface area contributed by atoms with Crippen LogP contribution < -0.4 is 9.47 Å². The lowest BCUT2D eigenvalue weighted by atomic mass is 9.97. The minimum Gasteiger partial charge on any atom is -0.457 e. The molecule has 292 valence electrons. The van der Waals surface area contributed by atoms with E-state index in [1.165, 1.54) is 35.4 Å². The predicted molar refractivity (Wildman–Crippen MR) is 225 cm³/mol. The number of hydrogen-bond donors (Lipinski definition) is 0. The van der Waals surface area contributed by atoms with E-state index in [0.717, 1.165) is 23.2 Å². The Morgan fingerprint density at radius 1 is 0.466 bits per heavy atom. The number of hydrogen-bond acceptors (Lipinski definition) is 8. The maximum Gasteiger partial charge on any atom is 0.206 e.